The van der Waals surface area contributed by atoms with Crippen molar-refractivity contribution in [3.63, 3.8) is 0 Å². The Morgan fingerprint density at radius 1 is 0.822 bits per heavy atom. The largest absolute Gasteiger partial charge is 0.508 e. The zero-order valence-corrected chi connectivity index (χ0v) is 28.8. The number of aliphatic hydroxyl groups excluding tert-OH is 3. The number of ketones is 2. The number of aliphatic hydroxyl groups is 3. The van der Waals surface area contributed by atoms with Crippen molar-refractivity contribution in [2.45, 2.75) is 101 Å². The van der Waals surface area contributed by atoms with E-state index in [9.17, 15) is 24.9 Å². The van der Waals surface area contributed by atoms with Gasteiger partial charge in [0, 0.05) is 28.1 Å². The smallest absolute Gasteiger partial charge is 0.187 e. The van der Waals surface area contributed by atoms with Crippen LogP contribution < -0.4 is 0 Å². The lowest BCUT2D eigenvalue weighted by molar-refractivity contribution is -0.128. The molecule has 1 saturated carbocycles. The van der Waals surface area contributed by atoms with E-state index < -0.39 is 17.6 Å². The number of Topliss-reactive ketones (excluding diaryl/α,β-unsaturated/α-hetero) is 1. The SMILES string of the molecule is CC1=C(C#C/C(C)=C/C=C/C(C)=C/C=C/C=C(C)/C=C/C=C(C)/C(O)=C/C(=O)[C@]2(C)C[C@@H](O)CC2(C)C)C(C)(C)C[C@@H](O)C1=O. The Labute approximate surface area is 270 Å². The van der Waals surface area contributed by atoms with Crippen LogP contribution in [0, 0.1) is 28.1 Å². The third-order valence-electron chi connectivity index (χ3n) is 9.15. The Kier molecular flexibility index (Phi) is 12.9. The lowest BCUT2D eigenvalue weighted by Gasteiger charge is -2.35. The molecule has 3 N–H and O–H groups in total. The first-order valence-electron chi connectivity index (χ1n) is 15.6. The molecule has 2 rings (SSSR count). The highest BCUT2D eigenvalue weighted by Gasteiger charge is 2.53. The Bertz CT molecular complexity index is 1500. The second-order valence-corrected chi connectivity index (χ2v) is 14.0. The molecule has 0 heterocycles. The van der Waals surface area contributed by atoms with Crippen molar-refractivity contribution >= 4 is 11.6 Å². The van der Waals surface area contributed by atoms with E-state index in [4.69, 9.17) is 0 Å². The molecular weight excluding hydrogens is 560 g/mol. The molecule has 3 atom stereocenters. The van der Waals surface area contributed by atoms with E-state index in [1.54, 1.807) is 19.9 Å². The van der Waals surface area contributed by atoms with E-state index >= 15 is 0 Å². The lowest BCUT2D eigenvalue weighted by Crippen LogP contribution is -2.36. The summed E-state index contributed by atoms with van der Waals surface area (Å²) in [6.45, 7) is 19.3. The number of allylic oxidation sites excluding steroid dienone is 16. The number of carbonyl (C=O) groups excluding carboxylic acids is 2. The number of carbonyl (C=O) groups is 2. The van der Waals surface area contributed by atoms with Crippen LogP contribution in [0.4, 0.5) is 0 Å². The van der Waals surface area contributed by atoms with Gasteiger partial charge in [0.15, 0.2) is 11.6 Å². The quantitative estimate of drug-likeness (QED) is 0.105. The van der Waals surface area contributed by atoms with Crippen molar-refractivity contribution < 1.29 is 24.9 Å². The summed E-state index contributed by atoms with van der Waals surface area (Å²) in [5.74, 6) is 5.85. The van der Waals surface area contributed by atoms with Gasteiger partial charge in [0.05, 0.1) is 6.10 Å². The summed E-state index contributed by atoms with van der Waals surface area (Å²) in [6.07, 6.45) is 20.5. The summed E-state index contributed by atoms with van der Waals surface area (Å²) in [4.78, 5) is 25.2. The van der Waals surface area contributed by atoms with Gasteiger partial charge in [0.1, 0.15) is 11.9 Å². The van der Waals surface area contributed by atoms with Gasteiger partial charge in [-0.05, 0) is 70.4 Å². The highest BCUT2D eigenvalue weighted by atomic mass is 16.3. The molecule has 0 aromatic rings. The minimum atomic E-state index is -0.950. The van der Waals surface area contributed by atoms with Crippen LogP contribution in [-0.2, 0) is 9.59 Å². The molecule has 0 aromatic heterocycles. The molecule has 0 spiro atoms. The van der Waals surface area contributed by atoms with Gasteiger partial charge in [-0.25, -0.2) is 0 Å². The van der Waals surface area contributed by atoms with E-state index in [1.807, 2.05) is 110 Å². The topological polar surface area (TPSA) is 94.8 Å². The van der Waals surface area contributed by atoms with Gasteiger partial charge in [-0.2, -0.15) is 0 Å². The van der Waals surface area contributed by atoms with E-state index in [0.717, 1.165) is 22.3 Å². The maximum Gasteiger partial charge on any atom is 0.187 e. The molecule has 1 fully saturated rings. The second kappa shape index (κ2) is 15.5. The first-order chi connectivity index (χ1) is 20.8. The molecule has 0 bridgehead atoms. The molecular formula is C40H52O5. The first-order valence-corrected chi connectivity index (χ1v) is 15.6. The molecule has 5 nitrogen and oxygen atoms in total. The predicted molar refractivity (Wildman–Crippen MR) is 185 cm³/mol. The van der Waals surface area contributed by atoms with Gasteiger partial charge < -0.3 is 15.3 Å². The average Bonchev–Trinajstić information content (AvgIpc) is 3.15. The number of rotatable bonds is 9. The first kappa shape index (κ1) is 37.5. The summed E-state index contributed by atoms with van der Waals surface area (Å²) in [5, 5.41) is 30.6. The molecule has 45 heavy (non-hydrogen) atoms. The van der Waals surface area contributed by atoms with Crippen LogP contribution in [0.1, 0.15) is 88.5 Å². The Morgan fingerprint density at radius 2 is 1.38 bits per heavy atom. The minimum Gasteiger partial charge on any atom is -0.508 e. The van der Waals surface area contributed by atoms with Crippen molar-refractivity contribution in [2.75, 3.05) is 0 Å². The molecule has 0 unspecified atom stereocenters. The van der Waals surface area contributed by atoms with Crippen LogP contribution in [-0.4, -0.2) is 39.1 Å². The van der Waals surface area contributed by atoms with Gasteiger partial charge >= 0.3 is 0 Å². The van der Waals surface area contributed by atoms with Crippen molar-refractivity contribution in [1.82, 2.24) is 0 Å². The predicted octanol–water partition coefficient (Wildman–Crippen LogP) is 8.32. The van der Waals surface area contributed by atoms with Gasteiger partial charge in [0.2, 0.25) is 0 Å². The monoisotopic (exact) mass is 612 g/mol. The summed E-state index contributed by atoms with van der Waals surface area (Å²) in [5.41, 5.74) is 3.49. The van der Waals surface area contributed by atoms with E-state index in [0.29, 0.717) is 30.4 Å². The highest BCUT2D eigenvalue weighted by molar-refractivity contribution is 6.01. The molecule has 0 aliphatic heterocycles. The van der Waals surface area contributed by atoms with Crippen LogP contribution in [0.3, 0.4) is 0 Å². The molecule has 0 saturated heterocycles. The van der Waals surface area contributed by atoms with E-state index in [-0.39, 0.29) is 28.2 Å². The van der Waals surface area contributed by atoms with Crippen molar-refractivity contribution in [3.05, 3.63) is 106 Å². The summed E-state index contributed by atoms with van der Waals surface area (Å²) in [7, 11) is 0. The molecule has 2 aliphatic rings. The molecule has 242 valence electrons. The highest BCUT2D eigenvalue weighted by Crippen LogP contribution is 2.53. The van der Waals surface area contributed by atoms with E-state index in [1.165, 1.54) is 6.08 Å². The fourth-order valence-electron chi connectivity index (χ4n) is 5.79. The summed E-state index contributed by atoms with van der Waals surface area (Å²) < 4.78 is 0. The van der Waals surface area contributed by atoms with Crippen molar-refractivity contribution in [1.29, 1.82) is 0 Å². The normalized spacial score (nSPS) is 26.8. The number of hydrogen-bond donors (Lipinski definition) is 3. The zero-order valence-electron chi connectivity index (χ0n) is 28.8. The standard InChI is InChI=1S/C40H52O5/c1-27(17-13-18-29(3)21-22-33-31(5)37(45)35(43)26-38(33,6)7)15-11-12-16-28(2)19-14-20-30(4)34(42)23-36(44)40(10)25-32(41)24-39(40,8)9/h11-20,23,32,35,41-43H,24-26H2,1-10H3/b12-11+,17-13+,19-14+,27-15+,28-16+,29-18+,30-20+,34-23-/t32-,35+,40-/m0/s1. The number of hydrogen-bond acceptors (Lipinski definition) is 5. The fourth-order valence-corrected chi connectivity index (χ4v) is 5.79. The third-order valence-corrected chi connectivity index (χ3v) is 9.15. The molecule has 5 heteroatoms. The van der Waals surface area contributed by atoms with Gasteiger partial charge in [-0.15, -0.1) is 0 Å². The molecule has 0 amide bonds. The Balaban J connectivity index is 1.97. The molecule has 0 radical (unpaired) electrons. The third kappa shape index (κ3) is 10.1. The Morgan fingerprint density at radius 3 is 1.91 bits per heavy atom. The van der Waals surface area contributed by atoms with Crippen LogP contribution >= 0.6 is 0 Å². The lowest BCUT2D eigenvalue weighted by atomic mass is 9.66. The summed E-state index contributed by atoms with van der Waals surface area (Å²) in [6, 6.07) is 0. The van der Waals surface area contributed by atoms with Gasteiger partial charge in [-0.3, -0.25) is 9.59 Å². The Hall–Kier alpha value is -3.72. The van der Waals surface area contributed by atoms with Crippen LogP contribution in [0.2, 0.25) is 0 Å². The van der Waals surface area contributed by atoms with Crippen LogP contribution in [0.25, 0.3) is 0 Å². The zero-order chi connectivity index (χ0) is 34.2. The fraction of sp³-hybridized carbons (Fsp3) is 0.450. The molecule has 0 aromatic carbocycles. The van der Waals surface area contributed by atoms with Crippen molar-refractivity contribution in [2.24, 2.45) is 16.2 Å². The second-order valence-electron chi connectivity index (χ2n) is 14.0. The van der Waals surface area contributed by atoms with Crippen LogP contribution in [0.15, 0.2) is 106 Å². The maximum atomic E-state index is 13.0. The minimum absolute atomic E-state index is 0.0618. The summed E-state index contributed by atoms with van der Waals surface area (Å²) >= 11 is 0. The van der Waals surface area contributed by atoms with Crippen molar-refractivity contribution in [3.8, 4) is 11.8 Å². The van der Waals surface area contributed by atoms with E-state index in [2.05, 4.69) is 11.8 Å². The maximum absolute atomic E-state index is 13.0. The van der Waals surface area contributed by atoms with Gasteiger partial charge in [-0.1, -0.05) is 118 Å². The average molecular weight is 613 g/mol. The molecule has 2 aliphatic carbocycles. The van der Waals surface area contributed by atoms with Crippen LogP contribution in [0.5, 0.6) is 0 Å². The van der Waals surface area contributed by atoms with Gasteiger partial charge in [0.25, 0.3) is 0 Å².